The van der Waals surface area contributed by atoms with Crippen molar-refractivity contribution in [2.24, 2.45) is 5.92 Å². The zero-order valence-electron chi connectivity index (χ0n) is 16.5. The van der Waals surface area contributed by atoms with Gasteiger partial charge in [0.05, 0.1) is 33.4 Å². The number of imidazole rings is 1. The van der Waals surface area contributed by atoms with Crippen molar-refractivity contribution >= 4 is 44.3 Å². The van der Waals surface area contributed by atoms with Gasteiger partial charge in [-0.3, -0.25) is 4.79 Å². The zero-order valence-corrected chi connectivity index (χ0v) is 18.0. The first-order chi connectivity index (χ1) is 14.7. The molecular formula is C20H20ClFN4O4S. The van der Waals surface area contributed by atoms with Crippen molar-refractivity contribution in [2.75, 3.05) is 18.4 Å². The van der Waals surface area contributed by atoms with Gasteiger partial charge in [0, 0.05) is 18.8 Å². The van der Waals surface area contributed by atoms with Crippen LogP contribution in [0.25, 0.3) is 11.0 Å². The minimum Gasteiger partial charge on any atom is -0.393 e. The number of hydrogen-bond donors (Lipinski definition) is 3. The molecule has 2 atom stereocenters. The van der Waals surface area contributed by atoms with Gasteiger partial charge in [-0.15, -0.1) is 0 Å². The third-order valence-corrected chi connectivity index (χ3v) is 7.51. The van der Waals surface area contributed by atoms with Crippen molar-refractivity contribution in [3.63, 3.8) is 0 Å². The first-order valence-corrected chi connectivity index (χ1v) is 11.4. The van der Waals surface area contributed by atoms with Gasteiger partial charge in [0.1, 0.15) is 11.3 Å². The number of nitrogens with zero attached hydrogens (tertiary/aromatic N) is 2. The van der Waals surface area contributed by atoms with Crippen molar-refractivity contribution in [1.29, 1.82) is 0 Å². The van der Waals surface area contributed by atoms with Crippen LogP contribution in [0.5, 0.6) is 0 Å². The number of carbonyl (C=O) groups is 1. The average molecular weight is 467 g/mol. The fraction of sp³-hybridized carbons (Fsp3) is 0.300. The molecule has 2 aromatic carbocycles. The number of aromatic nitrogens is 2. The molecule has 1 aliphatic rings. The predicted molar refractivity (Wildman–Crippen MR) is 114 cm³/mol. The summed E-state index contributed by atoms with van der Waals surface area (Å²) < 4.78 is 41.2. The van der Waals surface area contributed by atoms with Gasteiger partial charge in [-0.05, 0) is 42.7 Å². The Morgan fingerprint density at radius 1 is 1.35 bits per heavy atom. The van der Waals surface area contributed by atoms with E-state index in [0.29, 0.717) is 17.5 Å². The summed E-state index contributed by atoms with van der Waals surface area (Å²) in [4.78, 5) is 19.8. The molecule has 164 valence electrons. The van der Waals surface area contributed by atoms with Crippen LogP contribution in [0.4, 0.5) is 10.1 Å². The van der Waals surface area contributed by atoms with E-state index < -0.39 is 27.9 Å². The highest BCUT2D eigenvalue weighted by Gasteiger charge is 2.33. The molecule has 0 aliphatic carbocycles. The minimum atomic E-state index is -3.91. The van der Waals surface area contributed by atoms with Crippen molar-refractivity contribution < 1.29 is 22.7 Å². The van der Waals surface area contributed by atoms with E-state index in [0.717, 1.165) is 6.07 Å². The SMILES string of the molecule is CC1CN(S(=O)(=O)c2cc(C(=O)Nc3ccc(F)c(Cl)c3)c3nc[nH]c3c2)CCC1O. The Kier molecular flexibility index (Phi) is 5.73. The second-order valence-corrected chi connectivity index (χ2v) is 9.89. The second kappa shape index (κ2) is 8.19. The summed E-state index contributed by atoms with van der Waals surface area (Å²) in [6, 6.07) is 6.43. The van der Waals surface area contributed by atoms with Crippen molar-refractivity contribution in [2.45, 2.75) is 24.3 Å². The first-order valence-electron chi connectivity index (χ1n) is 9.58. The number of amides is 1. The van der Waals surface area contributed by atoms with Gasteiger partial charge in [0.15, 0.2) is 0 Å². The van der Waals surface area contributed by atoms with Crippen LogP contribution in [0, 0.1) is 11.7 Å². The molecular weight excluding hydrogens is 447 g/mol. The van der Waals surface area contributed by atoms with Gasteiger partial charge in [0.25, 0.3) is 5.91 Å². The molecule has 1 aliphatic heterocycles. The third-order valence-electron chi connectivity index (χ3n) is 5.38. The van der Waals surface area contributed by atoms with Gasteiger partial charge in [-0.1, -0.05) is 18.5 Å². The molecule has 1 aromatic heterocycles. The summed E-state index contributed by atoms with van der Waals surface area (Å²) in [6.07, 6.45) is 1.16. The molecule has 0 bridgehead atoms. The molecule has 1 fully saturated rings. The first kappa shape index (κ1) is 21.7. The molecule has 3 N–H and O–H groups in total. The lowest BCUT2D eigenvalue weighted by molar-refractivity contribution is 0.0628. The fourth-order valence-corrected chi connectivity index (χ4v) is 5.37. The molecule has 4 rings (SSSR count). The maximum absolute atomic E-state index is 13.4. The number of aromatic amines is 1. The normalized spacial score (nSPS) is 20.1. The number of halogens is 2. The molecule has 8 nitrogen and oxygen atoms in total. The van der Waals surface area contributed by atoms with Crippen LogP contribution in [0.15, 0.2) is 41.6 Å². The minimum absolute atomic E-state index is 0.0443. The highest BCUT2D eigenvalue weighted by atomic mass is 35.5. The Balaban J connectivity index is 1.71. The largest absolute Gasteiger partial charge is 0.393 e. The fourth-order valence-electron chi connectivity index (χ4n) is 3.58. The van der Waals surface area contributed by atoms with Crippen LogP contribution in [0.1, 0.15) is 23.7 Å². The van der Waals surface area contributed by atoms with E-state index in [1.807, 2.05) is 0 Å². The Morgan fingerprint density at radius 3 is 2.84 bits per heavy atom. The summed E-state index contributed by atoms with van der Waals surface area (Å²) in [7, 11) is -3.91. The summed E-state index contributed by atoms with van der Waals surface area (Å²) in [5, 5.41) is 12.4. The van der Waals surface area contributed by atoms with Crippen LogP contribution in [-0.2, 0) is 10.0 Å². The van der Waals surface area contributed by atoms with Gasteiger partial charge in [-0.25, -0.2) is 17.8 Å². The number of fused-ring (bicyclic) bond motifs is 1. The third kappa shape index (κ3) is 4.16. The molecule has 11 heteroatoms. The van der Waals surface area contributed by atoms with Crippen LogP contribution in [0.3, 0.4) is 0 Å². The lowest BCUT2D eigenvalue weighted by Gasteiger charge is -2.33. The van der Waals surface area contributed by atoms with Crippen LogP contribution in [0.2, 0.25) is 5.02 Å². The number of sulfonamides is 1. The topological polar surface area (TPSA) is 115 Å². The van der Waals surface area contributed by atoms with Gasteiger partial charge >= 0.3 is 0 Å². The summed E-state index contributed by atoms with van der Waals surface area (Å²) in [6.45, 7) is 2.15. The number of nitrogens with one attached hydrogen (secondary N) is 2. The van der Waals surface area contributed by atoms with Gasteiger partial charge in [-0.2, -0.15) is 4.31 Å². The average Bonchev–Trinajstić information content (AvgIpc) is 3.20. The number of hydrogen-bond acceptors (Lipinski definition) is 5. The highest BCUT2D eigenvalue weighted by molar-refractivity contribution is 7.89. The van der Waals surface area contributed by atoms with E-state index in [4.69, 9.17) is 11.6 Å². The number of H-pyrrole nitrogens is 1. The molecule has 1 saturated heterocycles. The number of aliphatic hydroxyl groups is 1. The molecule has 0 saturated carbocycles. The van der Waals surface area contributed by atoms with Crippen LogP contribution >= 0.6 is 11.6 Å². The van der Waals surface area contributed by atoms with E-state index >= 15 is 0 Å². The van der Waals surface area contributed by atoms with Crippen molar-refractivity contribution in [3.8, 4) is 0 Å². The van der Waals surface area contributed by atoms with Crippen LogP contribution < -0.4 is 5.32 Å². The van der Waals surface area contributed by atoms with E-state index in [1.54, 1.807) is 6.92 Å². The van der Waals surface area contributed by atoms with E-state index in [-0.39, 0.29) is 40.2 Å². The van der Waals surface area contributed by atoms with Crippen molar-refractivity contribution in [1.82, 2.24) is 14.3 Å². The van der Waals surface area contributed by atoms with E-state index in [1.165, 1.54) is 34.9 Å². The maximum atomic E-state index is 13.4. The Morgan fingerprint density at radius 2 is 2.13 bits per heavy atom. The smallest absolute Gasteiger partial charge is 0.257 e. The quantitative estimate of drug-likeness (QED) is 0.546. The Hall–Kier alpha value is -2.53. The van der Waals surface area contributed by atoms with E-state index in [9.17, 15) is 22.7 Å². The number of carbonyl (C=O) groups excluding carboxylic acids is 1. The van der Waals surface area contributed by atoms with Gasteiger partial charge in [0.2, 0.25) is 10.0 Å². The molecule has 0 radical (unpaired) electrons. The van der Waals surface area contributed by atoms with E-state index in [2.05, 4.69) is 15.3 Å². The Bertz CT molecular complexity index is 1260. The van der Waals surface area contributed by atoms with Crippen LogP contribution in [-0.4, -0.2) is 52.9 Å². The molecule has 1 amide bonds. The molecule has 2 heterocycles. The summed E-state index contributed by atoms with van der Waals surface area (Å²) in [5.41, 5.74) is 0.982. The van der Waals surface area contributed by atoms with Crippen molar-refractivity contribution in [3.05, 3.63) is 53.1 Å². The maximum Gasteiger partial charge on any atom is 0.257 e. The highest BCUT2D eigenvalue weighted by Crippen LogP contribution is 2.28. The summed E-state index contributed by atoms with van der Waals surface area (Å²) in [5.74, 6) is -1.44. The molecule has 31 heavy (non-hydrogen) atoms. The lowest BCUT2D eigenvalue weighted by Crippen LogP contribution is -2.44. The standard InChI is InChI=1S/C20H20ClFN4O4S/c1-11-9-26(5-4-18(11)27)31(29,30)13-7-14(19-17(8-13)23-10-24-19)20(28)25-12-2-3-16(22)15(21)6-12/h2-3,6-8,10-11,18,27H,4-5,9H2,1H3,(H,23,24)(H,25,28). The monoisotopic (exact) mass is 466 g/mol. The number of anilines is 1. The lowest BCUT2D eigenvalue weighted by atomic mass is 9.99. The number of piperidine rings is 1. The number of rotatable bonds is 4. The number of aliphatic hydroxyl groups excluding tert-OH is 1. The zero-order chi connectivity index (χ0) is 22.3. The molecule has 2 unspecified atom stereocenters. The molecule has 3 aromatic rings. The predicted octanol–water partition coefficient (Wildman–Crippen LogP) is 3.00. The number of benzene rings is 2. The summed E-state index contributed by atoms with van der Waals surface area (Å²) >= 11 is 5.77. The molecule has 0 spiro atoms. The Labute approximate surface area is 183 Å². The van der Waals surface area contributed by atoms with Gasteiger partial charge < -0.3 is 15.4 Å². The second-order valence-electron chi connectivity index (χ2n) is 7.55.